The van der Waals surface area contributed by atoms with Gasteiger partial charge >= 0.3 is 5.97 Å². The minimum Gasteiger partial charge on any atom is -0.497 e. The van der Waals surface area contributed by atoms with Crippen LogP contribution in [0, 0.1) is 0 Å². The zero-order valence-corrected chi connectivity index (χ0v) is 16.6. The predicted molar refractivity (Wildman–Crippen MR) is 116 cm³/mol. The summed E-state index contributed by atoms with van der Waals surface area (Å²) in [6, 6.07) is 25.8. The summed E-state index contributed by atoms with van der Waals surface area (Å²) < 4.78 is 16.6. The Morgan fingerprint density at radius 2 is 1.67 bits per heavy atom. The number of cyclic esters (lactones) is 1. The number of methoxy groups -OCH3 is 1. The normalized spacial score (nSPS) is 12.5. The first-order chi connectivity index (χ1) is 14.7. The van der Waals surface area contributed by atoms with Crippen LogP contribution in [0.5, 0.6) is 11.5 Å². The van der Waals surface area contributed by atoms with E-state index in [4.69, 9.17) is 14.2 Å². The van der Waals surface area contributed by atoms with Gasteiger partial charge in [0.1, 0.15) is 24.7 Å². The number of ether oxygens (including phenoxy) is 3. The lowest BCUT2D eigenvalue weighted by atomic mass is 9.90. The summed E-state index contributed by atoms with van der Waals surface area (Å²) in [4.78, 5) is 12.3. The maximum Gasteiger partial charge on any atom is 0.338 e. The van der Waals surface area contributed by atoms with Gasteiger partial charge in [-0.3, -0.25) is 0 Å². The molecule has 0 amide bonds. The van der Waals surface area contributed by atoms with Gasteiger partial charge in [0.05, 0.1) is 12.7 Å². The van der Waals surface area contributed by atoms with E-state index in [1.807, 2.05) is 72.8 Å². The average molecular weight is 396 g/mol. The Morgan fingerprint density at radius 1 is 0.900 bits per heavy atom. The highest BCUT2D eigenvalue weighted by Gasteiger charge is 2.26. The summed E-state index contributed by atoms with van der Waals surface area (Å²) >= 11 is 0. The first kappa shape index (κ1) is 18.3. The van der Waals surface area contributed by atoms with Crippen LogP contribution in [0.25, 0.3) is 21.9 Å². The number of hydrogen-bond acceptors (Lipinski definition) is 4. The summed E-state index contributed by atoms with van der Waals surface area (Å²) in [5.41, 5.74) is 4.69. The lowest BCUT2D eigenvalue weighted by Crippen LogP contribution is -1.97. The fraction of sp³-hybridized carbons (Fsp3) is 0.115. The van der Waals surface area contributed by atoms with Crippen LogP contribution in [0.15, 0.2) is 78.9 Å². The molecule has 0 atom stereocenters. The van der Waals surface area contributed by atoms with Crippen LogP contribution in [0.3, 0.4) is 0 Å². The number of benzene rings is 4. The van der Waals surface area contributed by atoms with Crippen molar-refractivity contribution in [2.45, 2.75) is 13.2 Å². The molecule has 0 aromatic heterocycles. The summed E-state index contributed by atoms with van der Waals surface area (Å²) in [5.74, 6) is 1.27. The van der Waals surface area contributed by atoms with Crippen LogP contribution in [0.1, 0.15) is 21.5 Å². The van der Waals surface area contributed by atoms with Gasteiger partial charge in [0.2, 0.25) is 0 Å². The molecule has 1 aliphatic heterocycles. The van der Waals surface area contributed by atoms with Crippen molar-refractivity contribution >= 4 is 16.7 Å². The Labute approximate surface area is 174 Å². The van der Waals surface area contributed by atoms with Crippen LogP contribution < -0.4 is 9.47 Å². The minimum atomic E-state index is -0.280. The van der Waals surface area contributed by atoms with Crippen molar-refractivity contribution in [2.24, 2.45) is 0 Å². The number of fused-ring (bicyclic) bond motifs is 2. The Hall–Kier alpha value is -3.79. The van der Waals surface area contributed by atoms with Crippen molar-refractivity contribution in [1.82, 2.24) is 0 Å². The molecular weight excluding hydrogens is 376 g/mol. The molecule has 0 unspecified atom stereocenters. The first-order valence-corrected chi connectivity index (χ1v) is 9.81. The minimum absolute atomic E-state index is 0.280. The van der Waals surface area contributed by atoms with Crippen LogP contribution in [0.4, 0.5) is 0 Å². The number of hydrogen-bond donors (Lipinski definition) is 0. The third-order valence-corrected chi connectivity index (χ3v) is 5.41. The maximum atomic E-state index is 12.3. The quantitative estimate of drug-likeness (QED) is 0.402. The fourth-order valence-corrected chi connectivity index (χ4v) is 3.89. The molecule has 1 heterocycles. The van der Waals surface area contributed by atoms with Gasteiger partial charge in [0, 0.05) is 5.56 Å². The Bertz CT molecular complexity index is 1230. The maximum absolute atomic E-state index is 12.3. The first-order valence-electron chi connectivity index (χ1n) is 9.81. The van der Waals surface area contributed by atoms with E-state index in [0.717, 1.165) is 44.5 Å². The van der Waals surface area contributed by atoms with Crippen LogP contribution in [0.2, 0.25) is 0 Å². The van der Waals surface area contributed by atoms with Crippen molar-refractivity contribution < 1.29 is 19.0 Å². The molecule has 0 saturated carbocycles. The molecule has 148 valence electrons. The summed E-state index contributed by atoms with van der Waals surface area (Å²) in [6.45, 7) is 0.780. The lowest BCUT2D eigenvalue weighted by molar-refractivity contribution is 0.0535. The number of carbonyl (C=O) groups is 1. The number of esters is 1. The van der Waals surface area contributed by atoms with Gasteiger partial charge in [-0.1, -0.05) is 48.5 Å². The van der Waals surface area contributed by atoms with Gasteiger partial charge in [-0.05, 0) is 57.8 Å². The summed E-state index contributed by atoms with van der Waals surface area (Å²) in [5, 5.41) is 2.01. The van der Waals surface area contributed by atoms with Crippen molar-refractivity contribution in [1.29, 1.82) is 0 Å². The van der Waals surface area contributed by atoms with Gasteiger partial charge in [-0.15, -0.1) is 0 Å². The van der Waals surface area contributed by atoms with Gasteiger partial charge in [0.25, 0.3) is 0 Å². The van der Waals surface area contributed by atoms with E-state index in [-0.39, 0.29) is 12.6 Å². The molecule has 4 heteroatoms. The molecule has 4 aromatic carbocycles. The van der Waals surface area contributed by atoms with E-state index >= 15 is 0 Å². The molecule has 4 aromatic rings. The van der Waals surface area contributed by atoms with E-state index in [2.05, 4.69) is 6.07 Å². The lowest BCUT2D eigenvalue weighted by Gasteiger charge is -2.14. The monoisotopic (exact) mass is 396 g/mol. The second kappa shape index (κ2) is 7.56. The van der Waals surface area contributed by atoms with Crippen LogP contribution in [-0.4, -0.2) is 13.1 Å². The summed E-state index contributed by atoms with van der Waals surface area (Å²) in [7, 11) is 1.65. The molecule has 0 bridgehead atoms. The molecule has 0 spiro atoms. The Kier molecular flexibility index (Phi) is 4.60. The van der Waals surface area contributed by atoms with Crippen molar-refractivity contribution in [3.63, 3.8) is 0 Å². The largest absolute Gasteiger partial charge is 0.497 e. The molecule has 5 rings (SSSR count). The van der Waals surface area contributed by atoms with E-state index in [1.165, 1.54) is 0 Å². The van der Waals surface area contributed by atoms with E-state index < -0.39 is 0 Å². The van der Waals surface area contributed by atoms with Crippen LogP contribution in [-0.2, 0) is 18.0 Å². The van der Waals surface area contributed by atoms with Gasteiger partial charge in [-0.2, -0.15) is 0 Å². The molecule has 0 fully saturated rings. The van der Waals surface area contributed by atoms with Crippen molar-refractivity contribution in [2.75, 3.05) is 7.11 Å². The SMILES string of the molecule is COc1ccc(-c2c3c(cc4cc(OCc5ccccc5)ccc24)C(=O)OC3)cc1. The zero-order valence-electron chi connectivity index (χ0n) is 16.6. The molecule has 0 N–H and O–H groups in total. The molecule has 0 saturated heterocycles. The number of rotatable bonds is 5. The third kappa shape index (κ3) is 3.26. The molecule has 0 aliphatic carbocycles. The van der Waals surface area contributed by atoms with Crippen LogP contribution >= 0.6 is 0 Å². The highest BCUT2D eigenvalue weighted by atomic mass is 16.5. The van der Waals surface area contributed by atoms with Crippen molar-refractivity contribution in [3.8, 4) is 22.6 Å². The molecule has 0 radical (unpaired) electrons. The smallest absolute Gasteiger partial charge is 0.338 e. The zero-order chi connectivity index (χ0) is 20.5. The van der Waals surface area contributed by atoms with E-state index in [1.54, 1.807) is 7.11 Å². The second-order valence-corrected chi connectivity index (χ2v) is 7.24. The predicted octanol–water partition coefficient (Wildman–Crippen LogP) is 5.76. The van der Waals surface area contributed by atoms with Gasteiger partial charge < -0.3 is 14.2 Å². The molecule has 30 heavy (non-hydrogen) atoms. The third-order valence-electron chi connectivity index (χ3n) is 5.41. The van der Waals surface area contributed by atoms with E-state index in [9.17, 15) is 4.79 Å². The van der Waals surface area contributed by atoms with E-state index in [0.29, 0.717) is 12.2 Å². The van der Waals surface area contributed by atoms with Gasteiger partial charge in [-0.25, -0.2) is 4.79 Å². The molecular formula is C26H20O4. The summed E-state index contributed by atoms with van der Waals surface area (Å²) in [6.07, 6.45) is 0. The highest BCUT2D eigenvalue weighted by molar-refractivity contribution is 6.07. The topological polar surface area (TPSA) is 44.8 Å². The average Bonchev–Trinajstić information content (AvgIpc) is 3.17. The Morgan fingerprint density at radius 3 is 2.43 bits per heavy atom. The fourth-order valence-electron chi connectivity index (χ4n) is 3.89. The molecule has 1 aliphatic rings. The van der Waals surface area contributed by atoms with Gasteiger partial charge in [0.15, 0.2) is 0 Å². The standard InChI is InChI=1S/C26H20O4/c1-28-20-9-7-18(8-10-20)25-22-12-11-21(29-15-17-5-3-2-4-6-17)13-19(22)14-23-24(25)16-30-26(23)27/h2-14H,15-16H2,1H3. The molecule has 4 nitrogen and oxygen atoms in total. The van der Waals surface area contributed by atoms with Crippen molar-refractivity contribution in [3.05, 3.63) is 95.6 Å². The number of carbonyl (C=O) groups excluding carboxylic acids is 1. The highest BCUT2D eigenvalue weighted by Crippen LogP contribution is 2.39. The Balaban J connectivity index is 1.59. The second-order valence-electron chi connectivity index (χ2n) is 7.24.